The Morgan fingerprint density at radius 3 is 1.70 bits per heavy atom. The molecule has 0 atom stereocenters. The van der Waals surface area contributed by atoms with Crippen molar-refractivity contribution in [2.45, 2.75) is 0 Å². The zero-order chi connectivity index (χ0) is 30.9. The van der Waals surface area contributed by atoms with E-state index in [1.807, 2.05) is 17.4 Å². The first-order valence-corrected chi connectivity index (χ1v) is 16.7. The highest BCUT2D eigenvalue weighted by molar-refractivity contribution is 7.27. The van der Waals surface area contributed by atoms with E-state index in [9.17, 15) is 0 Å². The summed E-state index contributed by atoms with van der Waals surface area (Å²) >= 11 is 1.90. The summed E-state index contributed by atoms with van der Waals surface area (Å²) in [6.07, 6.45) is 0. The number of para-hydroxylation sites is 2. The van der Waals surface area contributed by atoms with Crippen molar-refractivity contribution in [2.75, 3.05) is 0 Å². The molecule has 0 unspecified atom stereocenters. The molecular weight excluding hydrogens is 591 g/mol. The molecule has 0 bridgehead atoms. The van der Waals surface area contributed by atoms with Gasteiger partial charge in [0.1, 0.15) is 11.2 Å². The number of benzene rings is 7. The summed E-state index contributed by atoms with van der Waals surface area (Å²) in [7, 11) is 0. The van der Waals surface area contributed by atoms with E-state index in [2.05, 4.69) is 162 Å². The first-order chi connectivity index (χ1) is 23.3. The van der Waals surface area contributed by atoms with Crippen molar-refractivity contribution in [3.8, 4) is 39.1 Å². The monoisotopic (exact) mass is 617 g/mol. The minimum absolute atomic E-state index is 0.910. The lowest BCUT2D eigenvalue weighted by molar-refractivity contribution is 0.669. The minimum Gasteiger partial charge on any atom is -0.456 e. The molecule has 0 amide bonds. The van der Waals surface area contributed by atoms with Gasteiger partial charge in [0.05, 0.1) is 15.7 Å². The van der Waals surface area contributed by atoms with Crippen LogP contribution in [0.5, 0.6) is 0 Å². The number of rotatable bonds is 4. The number of thiophene rings is 1. The van der Waals surface area contributed by atoms with Crippen LogP contribution in [0.3, 0.4) is 0 Å². The van der Waals surface area contributed by atoms with Crippen molar-refractivity contribution >= 4 is 64.5 Å². The molecule has 0 spiro atoms. The third kappa shape index (κ3) is 4.10. The van der Waals surface area contributed by atoms with Crippen LogP contribution in [0.25, 0.3) is 92.2 Å². The average Bonchev–Trinajstić information content (AvgIpc) is 3.80. The smallest absolute Gasteiger partial charge is 0.136 e. The maximum Gasteiger partial charge on any atom is 0.136 e. The lowest BCUT2D eigenvalue weighted by Gasteiger charge is -2.09. The van der Waals surface area contributed by atoms with Crippen molar-refractivity contribution in [3.63, 3.8) is 0 Å². The second-order valence-electron chi connectivity index (χ2n) is 12.1. The zero-order valence-corrected chi connectivity index (χ0v) is 26.2. The Morgan fingerprint density at radius 2 is 0.979 bits per heavy atom. The van der Waals surface area contributed by atoms with Crippen LogP contribution < -0.4 is 0 Å². The lowest BCUT2D eigenvalue weighted by Crippen LogP contribution is -1.92. The van der Waals surface area contributed by atoms with Crippen LogP contribution >= 0.6 is 11.3 Å². The van der Waals surface area contributed by atoms with Gasteiger partial charge in [-0.05, 0) is 75.8 Å². The molecule has 0 aliphatic rings. The van der Waals surface area contributed by atoms with Crippen LogP contribution in [-0.2, 0) is 0 Å². The van der Waals surface area contributed by atoms with Gasteiger partial charge < -0.3 is 8.98 Å². The van der Waals surface area contributed by atoms with Crippen LogP contribution in [-0.4, -0.2) is 4.57 Å². The Morgan fingerprint density at radius 1 is 0.404 bits per heavy atom. The number of hydrogen-bond acceptors (Lipinski definition) is 2. The Hall–Kier alpha value is -5.90. The van der Waals surface area contributed by atoms with Gasteiger partial charge in [0, 0.05) is 31.9 Å². The topological polar surface area (TPSA) is 18.1 Å². The molecule has 0 saturated heterocycles. The number of aromatic nitrogens is 1. The molecule has 47 heavy (non-hydrogen) atoms. The van der Waals surface area contributed by atoms with Gasteiger partial charge in [-0.3, -0.25) is 0 Å². The third-order valence-corrected chi connectivity index (χ3v) is 10.7. The highest BCUT2D eigenvalue weighted by Crippen LogP contribution is 2.45. The first-order valence-electron chi connectivity index (χ1n) is 15.9. The van der Waals surface area contributed by atoms with E-state index in [1.165, 1.54) is 59.1 Å². The quantitative estimate of drug-likeness (QED) is 0.192. The third-order valence-electron chi connectivity index (χ3n) is 9.43. The molecule has 10 aromatic rings. The number of fused-ring (bicyclic) bond motifs is 8. The Labute approximate surface area is 275 Å². The summed E-state index contributed by atoms with van der Waals surface area (Å²) in [5, 5.41) is 4.87. The number of hydrogen-bond donors (Lipinski definition) is 0. The van der Waals surface area contributed by atoms with Gasteiger partial charge in [-0.15, -0.1) is 11.3 Å². The summed E-state index contributed by atoms with van der Waals surface area (Å²) in [5.74, 6) is 0. The normalized spacial score (nSPS) is 11.8. The number of nitrogens with zero attached hydrogens (tertiary/aromatic N) is 1. The predicted octanol–water partition coefficient (Wildman–Crippen LogP) is 12.9. The van der Waals surface area contributed by atoms with Crippen LogP contribution in [0.15, 0.2) is 168 Å². The van der Waals surface area contributed by atoms with E-state index in [1.54, 1.807) is 0 Å². The average molecular weight is 618 g/mol. The van der Waals surface area contributed by atoms with Gasteiger partial charge in [-0.25, -0.2) is 0 Å². The van der Waals surface area contributed by atoms with Gasteiger partial charge in [-0.2, -0.15) is 0 Å². The molecule has 0 aliphatic heterocycles. The molecule has 10 rings (SSSR count). The van der Waals surface area contributed by atoms with Crippen molar-refractivity contribution in [3.05, 3.63) is 164 Å². The van der Waals surface area contributed by atoms with E-state index >= 15 is 0 Å². The van der Waals surface area contributed by atoms with E-state index < -0.39 is 0 Å². The molecule has 0 saturated carbocycles. The molecule has 2 nitrogen and oxygen atoms in total. The Balaban J connectivity index is 1.05. The zero-order valence-electron chi connectivity index (χ0n) is 25.4. The van der Waals surface area contributed by atoms with Crippen LogP contribution in [0.4, 0.5) is 0 Å². The highest BCUT2D eigenvalue weighted by atomic mass is 32.1. The fourth-order valence-corrected chi connectivity index (χ4v) is 8.53. The van der Waals surface area contributed by atoms with Crippen LogP contribution in [0.1, 0.15) is 0 Å². The molecule has 3 aromatic heterocycles. The van der Waals surface area contributed by atoms with Gasteiger partial charge in [0.25, 0.3) is 0 Å². The molecule has 3 heterocycles. The van der Waals surface area contributed by atoms with Crippen molar-refractivity contribution in [1.29, 1.82) is 0 Å². The summed E-state index contributed by atoms with van der Waals surface area (Å²) < 4.78 is 11.5. The fraction of sp³-hybridized carbons (Fsp3) is 0. The van der Waals surface area contributed by atoms with Crippen molar-refractivity contribution in [2.24, 2.45) is 0 Å². The van der Waals surface area contributed by atoms with Crippen molar-refractivity contribution < 1.29 is 4.42 Å². The van der Waals surface area contributed by atoms with Gasteiger partial charge in [0.2, 0.25) is 0 Å². The summed E-state index contributed by atoms with van der Waals surface area (Å²) in [5.41, 5.74) is 12.7. The molecule has 220 valence electrons. The van der Waals surface area contributed by atoms with Gasteiger partial charge >= 0.3 is 0 Å². The Bertz CT molecular complexity index is 2770. The highest BCUT2D eigenvalue weighted by Gasteiger charge is 2.19. The summed E-state index contributed by atoms with van der Waals surface area (Å²) in [4.78, 5) is 0. The largest absolute Gasteiger partial charge is 0.456 e. The molecule has 0 N–H and O–H groups in total. The maximum atomic E-state index is 6.41. The van der Waals surface area contributed by atoms with E-state index in [4.69, 9.17) is 4.42 Å². The van der Waals surface area contributed by atoms with E-state index in [0.29, 0.717) is 0 Å². The van der Waals surface area contributed by atoms with Crippen LogP contribution in [0.2, 0.25) is 0 Å². The predicted molar refractivity (Wildman–Crippen MR) is 200 cm³/mol. The summed E-state index contributed by atoms with van der Waals surface area (Å²) in [6.45, 7) is 0. The van der Waals surface area contributed by atoms with E-state index in [0.717, 1.165) is 33.1 Å². The first kappa shape index (κ1) is 26.3. The molecule has 0 fully saturated rings. The molecule has 0 radical (unpaired) electrons. The molecule has 0 aliphatic carbocycles. The van der Waals surface area contributed by atoms with Gasteiger partial charge in [-0.1, -0.05) is 121 Å². The molecular formula is C44H27NOS. The lowest BCUT2D eigenvalue weighted by atomic mass is 9.98. The molecule has 7 aromatic carbocycles. The number of furan rings is 1. The van der Waals surface area contributed by atoms with Gasteiger partial charge in [0.15, 0.2) is 0 Å². The second-order valence-corrected chi connectivity index (χ2v) is 13.1. The standard InChI is InChI=1S/C44H27NOS/c1-3-10-28(11-4-1)31-22-24-35-36-25-23-32(27-41(36)46-40(35)26-31)29-18-20-30(21-19-29)34-15-9-16-38-42-44(47-43(34)38)37-14-7-8-17-39(37)45(42)33-12-5-2-6-13-33/h1-27H. The summed E-state index contributed by atoms with van der Waals surface area (Å²) in [6, 6.07) is 58.7. The Kier molecular flexibility index (Phi) is 5.78. The fourth-order valence-electron chi connectivity index (χ4n) is 7.17. The van der Waals surface area contributed by atoms with Crippen LogP contribution in [0, 0.1) is 0 Å². The minimum atomic E-state index is 0.910. The molecule has 3 heteroatoms. The second kappa shape index (κ2) is 10.3. The van der Waals surface area contributed by atoms with E-state index in [-0.39, 0.29) is 0 Å². The maximum absolute atomic E-state index is 6.41. The van der Waals surface area contributed by atoms with Crippen molar-refractivity contribution in [1.82, 2.24) is 4.57 Å². The SMILES string of the molecule is c1ccc(-c2ccc3c(c2)oc2cc(-c4ccc(-c5cccc6c5sc5c7ccccc7n(-c7ccccc7)c65)cc4)ccc23)cc1.